The molecule has 3 rings (SSSR count). The third kappa shape index (κ3) is 5.57. The van der Waals surface area contributed by atoms with E-state index in [0.29, 0.717) is 5.75 Å². The van der Waals surface area contributed by atoms with Crippen LogP contribution in [-0.2, 0) is 11.3 Å². The Hall–Kier alpha value is -2.86. The van der Waals surface area contributed by atoms with Gasteiger partial charge in [0.2, 0.25) is 0 Å². The van der Waals surface area contributed by atoms with E-state index < -0.39 is 5.97 Å². The van der Waals surface area contributed by atoms with Crippen molar-refractivity contribution in [3.05, 3.63) is 64.7 Å². The smallest absolute Gasteiger partial charge is 0.341 e. The maximum absolute atomic E-state index is 10.7. The van der Waals surface area contributed by atoms with E-state index in [1.165, 1.54) is 16.7 Å². The minimum absolute atomic E-state index is 0.359. The van der Waals surface area contributed by atoms with Crippen LogP contribution in [-0.4, -0.2) is 60.0 Å². The Morgan fingerprint density at radius 2 is 1.89 bits per heavy atom. The van der Waals surface area contributed by atoms with Crippen LogP contribution in [0.15, 0.2) is 47.6 Å². The van der Waals surface area contributed by atoms with E-state index in [-0.39, 0.29) is 6.61 Å². The average Bonchev–Trinajstić information content (AvgIpc) is 2.68. The van der Waals surface area contributed by atoms with E-state index in [1.807, 2.05) is 23.2 Å². The third-order valence-electron chi connectivity index (χ3n) is 4.87. The van der Waals surface area contributed by atoms with Crippen LogP contribution in [0, 0.1) is 13.8 Å². The summed E-state index contributed by atoms with van der Waals surface area (Å²) in [5.74, 6) is -0.464. The first-order valence-electron chi connectivity index (χ1n) is 9.52. The number of hydrogen-bond donors (Lipinski definition) is 1. The Morgan fingerprint density at radius 3 is 2.61 bits per heavy atom. The number of para-hydroxylation sites is 1. The summed E-state index contributed by atoms with van der Waals surface area (Å²) < 4.78 is 5.32. The zero-order valence-electron chi connectivity index (χ0n) is 16.5. The fraction of sp³-hybridized carbons (Fsp3) is 0.364. The summed E-state index contributed by atoms with van der Waals surface area (Å²) in [4.78, 5) is 13.2. The summed E-state index contributed by atoms with van der Waals surface area (Å²) in [5, 5.41) is 15.4. The molecule has 0 spiro atoms. The second-order valence-corrected chi connectivity index (χ2v) is 7.12. The number of rotatable bonds is 7. The van der Waals surface area contributed by atoms with Crippen molar-refractivity contribution in [2.45, 2.75) is 20.4 Å². The van der Waals surface area contributed by atoms with Crippen LogP contribution in [0.3, 0.4) is 0 Å². The van der Waals surface area contributed by atoms with Crippen molar-refractivity contribution in [3.8, 4) is 5.75 Å². The fourth-order valence-electron chi connectivity index (χ4n) is 3.28. The largest absolute Gasteiger partial charge is 0.481 e. The standard InChI is InChI=1S/C22H27N3O3/c1-17-7-8-20(18(2)13-17)15-24-9-11-25(12-10-24)23-14-19-5-3-4-6-21(19)28-16-22(26)27/h3-8,13-14H,9-12,15-16H2,1-2H3,(H,26,27)/b23-14+. The first kappa shape index (κ1) is 19.9. The molecule has 148 valence electrons. The molecule has 28 heavy (non-hydrogen) atoms. The number of aliphatic carboxylic acids is 1. The number of hydrazone groups is 1. The summed E-state index contributed by atoms with van der Waals surface area (Å²) in [5.41, 5.74) is 4.81. The number of ether oxygens (including phenoxy) is 1. The molecule has 0 unspecified atom stereocenters. The molecular weight excluding hydrogens is 354 g/mol. The first-order chi connectivity index (χ1) is 13.5. The molecule has 1 fully saturated rings. The van der Waals surface area contributed by atoms with Gasteiger partial charge in [0.15, 0.2) is 6.61 Å². The van der Waals surface area contributed by atoms with Crippen molar-refractivity contribution in [3.63, 3.8) is 0 Å². The summed E-state index contributed by atoms with van der Waals surface area (Å²) in [6.07, 6.45) is 1.75. The number of carboxylic acids is 1. The number of hydrogen-bond acceptors (Lipinski definition) is 5. The van der Waals surface area contributed by atoms with Crippen LogP contribution in [0.5, 0.6) is 5.75 Å². The van der Waals surface area contributed by atoms with Crippen molar-refractivity contribution in [1.82, 2.24) is 9.91 Å². The highest BCUT2D eigenvalue weighted by Crippen LogP contribution is 2.17. The van der Waals surface area contributed by atoms with E-state index in [0.717, 1.165) is 38.3 Å². The van der Waals surface area contributed by atoms with Gasteiger partial charge in [0, 0.05) is 38.3 Å². The lowest BCUT2D eigenvalue weighted by Crippen LogP contribution is -2.43. The molecule has 0 aromatic heterocycles. The van der Waals surface area contributed by atoms with Gasteiger partial charge in [-0.2, -0.15) is 5.10 Å². The van der Waals surface area contributed by atoms with E-state index in [4.69, 9.17) is 9.84 Å². The minimum Gasteiger partial charge on any atom is -0.481 e. The topological polar surface area (TPSA) is 65.4 Å². The van der Waals surface area contributed by atoms with E-state index in [1.54, 1.807) is 12.3 Å². The van der Waals surface area contributed by atoms with E-state index in [2.05, 4.69) is 42.0 Å². The number of nitrogens with zero attached hydrogens (tertiary/aromatic N) is 3. The lowest BCUT2D eigenvalue weighted by atomic mass is 10.1. The zero-order valence-corrected chi connectivity index (χ0v) is 16.5. The number of carbonyl (C=O) groups is 1. The number of benzene rings is 2. The molecule has 1 saturated heterocycles. The van der Waals surface area contributed by atoms with Crippen LogP contribution in [0.4, 0.5) is 0 Å². The van der Waals surface area contributed by atoms with Gasteiger partial charge < -0.3 is 9.84 Å². The molecule has 0 saturated carbocycles. The summed E-state index contributed by atoms with van der Waals surface area (Å²) in [7, 11) is 0. The maximum Gasteiger partial charge on any atom is 0.341 e. The highest BCUT2D eigenvalue weighted by molar-refractivity contribution is 5.83. The highest BCUT2D eigenvalue weighted by Gasteiger charge is 2.16. The first-order valence-corrected chi connectivity index (χ1v) is 9.52. The monoisotopic (exact) mass is 381 g/mol. The van der Waals surface area contributed by atoms with Crippen molar-refractivity contribution in [1.29, 1.82) is 0 Å². The molecular formula is C22H27N3O3. The molecule has 0 bridgehead atoms. The Balaban J connectivity index is 1.53. The van der Waals surface area contributed by atoms with Gasteiger partial charge in [0.05, 0.1) is 6.21 Å². The summed E-state index contributed by atoms with van der Waals surface area (Å²) in [6.45, 7) is 8.55. The fourth-order valence-corrected chi connectivity index (χ4v) is 3.28. The predicted octanol–water partition coefficient (Wildman–Crippen LogP) is 2.92. The molecule has 0 atom stereocenters. The average molecular weight is 381 g/mol. The van der Waals surface area contributed by atoms with Crippen LogP contribution in [0.25, 0.3) is 0 Å². The Bertz CT molecular complexity index is 843. The molecule has 0 radical (unpaired) electrons. The molecule has 2 aromatic rings. The van der Waals surface area contributed by atoms with Gasteiger partial charge in [0.25, 0.3) is 0 Å². The van der Waals surface area contributed by atoms with Gasteiger partial charge >= 0.3 is 5.97 Å². The normalized spacial score (nSPS) is 15.1. The molecule has 0 amide bonds. The second-order valence-electron chi connectivity index (χ2n) is 7.12. The van der Waals surface area contributed by atoms with Gasteiger partial charge in [-0.1, -0.05) is 35.9 Å². The molecule has 1 heterocycles. The third-order valence-corrected chi connectivity index (χ3v) is 4.87. The van der Waals surface area contributed by atoms with Crippen molar-refractivity contribution >= 4 is 12.2 Å². The number of aryl methyl sites for hydroxylation is 2. The highest BCUT2D eigenvalue weighted by atomic mass is 16.5. The van der Waals surface area contributed by atoms with Gasteiger partial charge in [-0.15, -0.1) is 0 Å². The SMILES string of the molecule is Cc1ccc(CN2CCN(/N=C/c3ccccc3OCC(=O)O)CC2)c(C)c1. The molecule has 2 aromatic carbocycles. The maximum atomic E-state index is 10.7. The molecule has 1 aliphatic rings. The van der Waals surface area contributed by atoms with E-state index in [9.17, 15) is 4.79 Å². The molecule has 6 heteroatoms. The van der Waals surface area contributed by atoms with Crippen molar-refractivity contribution in [2.24, 2.45) is 5.10 Å². The van der Waals surface area contributed by atoms with Gasteiger partial charge in [-0.3, -0.25) is 9.91 Å². The van der Waals surface area contributed by atoms with Gasteiger partial charge in [-0.05, 0) is 37.1 Å². The molecule has 1 aliphatic heterocycles. The Kier molecular flexibility index (Phi) is 6.66. The van der Waals surface area contributed by atoms with Crippen molar-refractivity contribution in [2.75, 3.05) is 32.8 Å². The lowest BCUT2D eigenvalue weighted by molar-refractivity contribution is -0.139. The van der Waals surface area contributed by atoms with Crippen molar-refractivity contribution < 1.29 is 14.6 Å². The van der Waals surface area contributed by atoms with Crippen LogP contribution < -0.4 is 4.74 Å². The van der Waals surface area contributed by atoms with Crippen LogP contribution in [0.1, 0.15) is 22.3 Å². The van der Waals surface area contributed by atoms with Crippen LogP contribution >= 0.6 is 0 Å². The Labute approximate surface area is 166 Å². The predicted molar refractivity (Wildman–Crippen MR) is 110 cm³/mol. The molecule has 1 N–H and O–H groups in total. The zero-order chi connectivity index (χ0) is 19.9. The van der Waals surface area contributed by atoms with E-state index >= 15 is 0 Å². The van der Waals surface area contributed by atoms with Gasteiger partial charge in [-0.25, -0.2) is 4.79 Å². The summed E-state index contributed by atoms with van der Waals surface area (Å²) >= 11 is 0. The molecule has 6 nitrogen and oxygen atoms in total. The quantitative estimate of drug-likeness (QED) is 0.747. The lowest BCUT2D eigenvalue weighted by Gasteiger charge is -2.33. The minimum atomic E-state index is -0.994. The number of piperazine rings is 1. The van der Waals surface area contributed by atoms with Gasteiger partial charge in [0.1, 0.15) is 5.75 Å². The molecule has 0 aliphatic carbocycles. The summed E-state index contributed by atoms with van der Waals surface area (Å²) in [6, 6.07) is 14.0. The van der Waals surface area contributed by atoms with Crippen LogP contribution in [0.2, 0.25) is 0 Å². The second kappa shape index (κ2) is 9.37. The Morgan fingerprint density at radius 1 is 1.14 bits per heavy atom. The number of carboxylic acid groups (broad SMARTS) is 1.